The first-order valence-electron chi connectivity index (χ1n) is 7.99. The van der Waals surface area contributed by atoms with E-state index in [1.807, 2.05) is 0 Å². The molecule has 0 unspecified atom stereocenters. The molecule has 2 atom stereocenters. The van der Waals surface area contributed by atoms with Crippen LogP contribution in [0.4, 0.5) is 16.2 Å². The van der Waals surface area contributed by atoms with Crippen LogP contribution in [-0.2, 0) is 4.79 Å². The Bertz CT molecular complexity index is 737. The van der Waals surface area contributed by atoms with Gasteiger partial charge in [-0.1, -0.05) is 6.42 Å². The molecule has 1 heterocycles. The van der Waals surface area contributed by atoms with Crippen LogP contribution in [0.3, 0.4) is 0 Å². The molecule has 2 N–H and O–H groups in total. The van der Waals surface area contributed by atoms with Crippen LogP contribution in [0.1, 0.15) is 19.3 Å². The fourth-order valence-electron chi connectivity index (χ4n) is 3.90. The number of nitrogens with one attached hydrogen (secondary N) is 1. The Balaban J connectivity index is 1.78. The number of non-ortho nitro benzene ring substituents is 1. The van der Waals surface area contributed by atoms with Crippen molar-refractivity contribution in [1.82, 2.24) is 4.90 Å². The van der Waals surface area contributed by atoms with Crippen molar-refractivity contribution in [2.24, 2.45) is 11.3 Å². The van der Waals surface area contributed by atoms with Gasteiger partial charge in [0.1, 0.15) is 5.75 Å². The summed E-state index contributed by atoms with van der Waals surface area (Å²) in [5, 5.41) is 23.1. The lowest BCUT2D eigenvalue weighted by Gasteiger charge is -2.23. The second-order valence-electron chi connectivity index (χ2n) is 6.50. The number of amides is 2. The number of ether oxygens (including phenoxy) is 1. The van der Waals surface area contributed by atoms with E-state index < -0.39 is 22.3 Å². The minimum absolute atomic E-state index is 0.0530. The lowest BCUT2D eigenvalue weighted by Crippen LogP contribution is -2.38. The fraction of sp³-hybridized carbons (Fsp3) is 0.500. The Morgan fingerprint density at radius 3 is 2.84 bits per heavy atom. The number of nitro benzene ring substituents is 1. The zero-order valence-electron chi connectivity index (χ0n) is 13.7. The van der Waals surface area contributed by atoms with Crippen LogP contribution in [0.2, 0.25) is 0 Å². The average Bonchev–Trinajstić information content (AvgIpc) is 3.12. The summed E-state index contributed by atoms with van der Waals surface area (Å²) in [6, 6.07) is 3.44. The number of carbonyl (C=O) groups excluding carboxylic acids is 1. The number of nitro groups is 1. The number of urea groups is 1. The number of nitrogens with zero attached hydrogens (tertiary/aromatic N) is 2. The summed E-state index contributed by atoms with van der Waals surface area (Å²) in [5.74, 6) is -0.618. The zero-order chi connectivity index (χ0) is 18.2. The number of carboxylic acid groups (broad SMARTS) is 1. The van der Waals surface area contributed by atoms with E-state index in [0.29, 0.717) is 18.7 Å². The van der Waals surface area contributed by atoms with E-state index >= 15 is 0 Å². The molecule has 2 fully saturated rings. The highest BCUT2D eigenvalue weighted by atomic mass is 16.6. The standard InChI is InChI=1S/C16H19N3O6/c1-25-13-5-4-11(19(23)24)7-12(13)17-15(22)18-8-10-3-2-6-16(10,9-18)14(20)21/h4-5,7,10H,2-3,6,8-9H2,1H3,(H,17,22)(H,20,21)/t10-,16+/m0/s1. The first-order chi connectivity index (χ1) is 11.9. The van der Waals surface area contributed by atoms with Crippen molar-refractivity contribution < 1.29 is 24.4 Å². The average molecular weight is 349 g/mol. The van der Waals surface area contributed by atoms with Gasteiger partial charge in [-0.2, -0.15) is 0 Å². The third kappa shape index (κ3) is 2.86. The first-order valence-corrected chi connectivity index (χ1v) is 7.99. The van der Waals surface area contributed by atoms with Crippen molar-refractivity contribution in [2.45, 2.75) is 19.3 Å². The first kappa shape index (κ1) is 17.0. The molecule has 1 aromatic carbocycles. The molecule has 0 spiro atoms. The Hall–Kier alpha value is -2.84. The van der Waals surface area contributed by atoms with Gasteiger partial charge in [-0.05, 0) is 24.8 Å². The van der Waals surface area contributed by atoms with Gasteiger partial charge in [0.15, 0.2) is 0 Å². The van der Waals surface area contributed by atoms with Crippen LogP contribution in [0.5, 0.6) is 5.75 Å². The van der Waals surface area contributed by atoms with Gasteiger partial charge in [-0.3, -0.25) is 14.9 Å². The van der Waals surface area contributed by atoms with Crippen LogP contribution in [0, 0.1) is 21.4 Å². The van der Waals surface area contributed by atoms with Crippen LogP contribution in [-0.4, -0.2) is 47.1 Å². The number of hydrogen-bond acceptors (Lipinski definition) is 5. The zero-order valence-corrected chi connectivity index (χ0v) is 13.7. The molecule has 3 rings (SSSR count). The molecule has 2 aliphatic rings. The van der Waals surface area contributed by atoms with Gasteiger partial charge in [0, 0.05) is 25.2 Å². The number of anilines is 1. The van der Waals surface area contributed by atoms with Crippen molar-refractivity contribution >= 4 is 23.4 Å². The fourth-order valence-corrected chi connectivity index (χ4v) is 3.90. The summed E-state index contributed by atoms with van der Waals surface area (Å²) < 4.78 is 5.13. The number of likely N-dealkylation sites (tertiary alicyclic amines) is 1. The number of benzene rings is 1. The molecule has 2 amide bonds. The number of aliphatic carboxylic acids is 1. The molecule has 1 aromatic rings. The van der Waals surface area contributed by atoms with Crippen molar-refractivity contribution in [3.8, 4) is 5.75 Å². The normalized spacial score (nSPS) is 24.7. The number of hydrogen-bond donors (Lipinski definition) is 2. The number of fused-ring (bicyclic) bond motifs is 1. The smallest absolute Gasteiger partial charge is 0.321 e. The molecular formula is C16H19N3O6. The predicted molar refractivity (Wildman–Crippen MR) is 87.6 cm³/mol. The van der Waals surface area contributed by atoms with E-state index in [1.54, 1.807) is 0 Å². The molecule has 1 aliphatic heterocycles. The van der Waals surface area contributed by atoms with Crippen molar-refractivity contribution in [2.75, 3.05) is 25.5 Å². The molecule has 0 aromatic heterocycles. The van der Waals surface area contributed by atoms with Crippen LogP contribution >= 0.6 is 0 Å². The van der Waals surface area contributed by atoms with Gasteiger partial charge in [0.25, 0.3) is 5.69 Å². The van der Waals surface area contributed by atoms with E-state index in [-0.39, 0.29) is 23.8 Å². The van der Waals surface area contributed by atoms with Crippen molar-refractivity contribution in [3.05, 3.63) is 28.3 Å². The number of carboxylic acids is 1. The maximum Gasteiger partial charge on any atom is 0.321 e. The minimum Gasteiger partial charge on any atom is -0.495 e. The molecule has 1 saturated heterocycles. The van der Waals surface area contributed by atoms with Gasteiger partial charge in [0.2, 0.25) is 0 Å². The van der Waals surface area contributed by atoms with Gasteiger partial charge < -0.3 is 20.1 Å². The van der Waals surface area contributed by atoms with Gasteiger partial charge in [-0.25, -0.2) is 4.79 Å². The Kier molecular flexibility index (Phi) is 4.23. The predicted octanol–water partition coefficient (Wildman–Crippen LogP) is 2.32. The third-order valence-corrected chi connectivity index (χ3v) is 5.22. The topological polar surface area (TPSA) is 122 Å². The van der Waals surface area contributed by atoms with E-state index in [1.165, 1.54) is 30.2 Å². The Morgan fingerprint density at radius 2 is 2.24 bits per heavy atom. The summed E-state index contributed by atoms with van der Waals surface area (Å²) >= 11 is 0. The summed E-state index contributed by atoms with van der Waals surface area (Å²) in [7, 11) is 1.40. The Morgan fingerprint density at radius 1 is 1.48 bits per heavy atom. The second kappa shape index (κ2) is 6.23. The molecule has 1 aliphatic carbocycles. The summed E-state index contributed by atoms with van der Waals surface area (Å²) in [6.45, 7) is 0.519. The van der Waals surface area contributed by atoms with Crippen LogP contribution in [0.15, 0.2) is 18.2 Å². The molecule has 9 heteroatoms. The summed E-state index contributed by atoms with van der Waals surface area (Å²) in [4.78, 5) is 36.1. The highest BCUT2D eigenvalue weighted by Gasteiger charge is 2.55. The van der Waals surface area contributed by atoms with E-state index in [4.69, 9.17) is 4.74 Å². The maximum atomic E-state index is 12.6. The van der Waals surface area contributed by atoms with E-state index in [0.717, 1.165) is 12.8 Å². The Labute approximate surface area is 143 Å². The summed E-state index contributed by atoms with van der Waals surface area (Å²) in [5.41, 5.74) is -0.857. The number of carbonyl (C=O) groups is 2. The molecular weight excluding hydrogens is 330 g/mol. The van der Waals surface area contributed by atoms with Crippen LogP contribution < -0.4 is 10.1 Å². The molecule has 1 saturated carbocycles. The molecule has 25 heavy (non-hydrogen) atoms. The van der Waals surface area contributed by atoms with Crippen LogP contribution in [0.25, 0.3) is 0 Å². The van der Waals surface area contributed by atoms with E-state index in [2.05, 4.69) is 5.32 Å². The summed E-state index contributed by atoms with van der Waals surface area (Å²) in [6.07, 6.45) is 2.21. The second-order valence-corrected chi connectivity index (χ2v) is 6.50. The third-order valence-electron chi connectivity index (χ3n) is 5.22. The molecule has 0 bridgehead atoms. The minimum atomic E-state index is -0.871. The monoisotopic (exact) mass is 349 g/mol. The largest absolute Gasteiger partial charge is 0.495 e. The maximum absolute atomic E-state index is 12.6. The quantitative estimate of drug-likeness (QED) is 0.635. The highest BCUT2D eigenvalue weighted by Crippen LogP contribution is 2.49. The molecule has 9 nitrogen and oxygen atoms in total. The van der Waals surface area contributed by atoms with Crippen molar-refractivity contribution in [1.29, 1.82) is 0 Å². The SMILES string of the molecule is COc1ccc([N+](=O)[O-])cc1NC(=O)N1C[C@@H]2CCC[C@@]2(C(=O)O)C1. The van der Waals surface area contributed by atoms with Gasteiger partial charge >= 0.3 is 12.0 Å². The molecule has 0 radical (unpaired) electrons. The van der Waals surface area contributed by atoms with E-state index in [9.17, 15) is 24.8 Å². The lowest BCUT2D eigenvalue weighted by atomic mass is 9.81. The highest BCUT2D eigenvalue weighted by molar-refractivity contribution is 5.92. The van der Waals surface area contributed by atoms with Crippen molar-refractivity contribution in [3.63, 3.8) is 0 Å². The van der Waals surface area contributed by atoms with Gasteiger partial charge in [-0.15, -0.1) is 0 Å². The lowest BCUT2D eigenvalue weighted by molar-refractivity contribution is -0.384. The van der Waals surface area contributed by atoms with Gasteiger partial charge in [0.05, 0.1) is 23.1 Å². The number of methoxy groups -OCH3 is 1. The number of rotatable bonds is 4. The molecule has 134 valence electrons.